The van der Waals surface area contributed by atoms with Crippen molar-refractivity contribution in [1.29, 1.82) is 0 Å². The van der Waals surface area contributed by atoms with Crippen LogP contribution in [0, 0.1) is 0 Å². The Hall–Kier alpha value is -3.60. The van der Waals surface area contributed by atoms with E-state index in [2.05, 4.69) is 5.32 Å². The summed E-state index contributed by atoms with van der Waals surface area (Å²) in [5.74, 6) is -2.06. The van der Waals surface area contributed by atoms with E-state index in [1.54, 1.807) is 41.3 Å². The number of sulfone groups is 1. The fourth-order valence-corrected chi connectivity index (χ4v) is 6.22. The van der Waals surface area contributed by atoms with Crippen LogP contribution in [0.1, 0.15) is 39.0 Å². The van der Waals surface area contributed by atoms with Crippen LogP contribution in [-0.4, -0.2) is 60.2 Å². The average molecular weight is 620 g/mol. The number of rotatable bonds is 9. The number of hydrogen-bond acceptors (Lipinski definition) is 6. The fourth-order valence-electron chi connectivity index (χ4n) is 4.76. The third-order valence-corrected chi connectivity index (χ3v) is 8.78. The number of aryl methyl sites for hydroxylation is 1. The molecule has 1 aliphatic heterocycles. The Balaban J connectivity index is 1.48. The molecule has 3 N–H and O–H groups in total. The predicted octanol–water partition coefficient (Wildman–Crippen LogP) is 4.05. The average Bonchev–Trinajstić information content (AvgIpc) is 2.91. The van der Waals surface area contributed by atoms with Crippen LogP contribution >= 0.6 is 23.2 Å². The number of nitrogens with one attached hydrogen (secondary N) is 1. The maximum absolute atomic E-state index is 13.2. The molecular formula is C29H28Cl2N2O7S. The molecule has 216 valence electrons. The predicted molar refractivity (Wildman–Crippen MR) is 154 cm³/mol. The highest BCUT2D eigenvalue weighted by Crippen LogP contribution is 2.35. The van der Waals surface area contributed by atoms with Crippen molar-refractivity contribution in [2.75, 3.05) is 12.8 Å². The second-order valence-corrected chi connectivity index (χ2v) is 12.7. The first-order valence-electron chi connectivity index (χ1n) is 12.7. The molecule has 1 atom stereocenters. The molecule has 4 rings (SSSR count). The quantitative estimate of drug-likeness (QED) is 0.328. The van der Waals surface area contributed by atoms with Gasteiger partial charge in [-0.05, 0) is 59.4 Å². The van der Waals surface area contributed by atoms with Gasteiger partial charge in [-0.3, -0.25) is 9.59 Å². The molecule has 2 amide bonds. The Labute approximate surface area is 247 Å². The summed E-state index contributed by atoms with van der Waals surface area (Å²) in [5, 5.41) is 22.3. The Morgan fingerprint density at radius 3 is 2.49 bits per heavy atom. The first kappa shape index (κ1) is 30.4. The van der Waals surface area contributed by atoms with Crippen LogP contribution in [0.2, 0.25) is 10.0 Å². The minimum Gasteiger partial charge on any atom is -0.508 e. The van der Waals surface area contributed by atoms with Crippen molar-refractivity contribution in [1.82, 2.24) is 10.2 Å². The maximum Gasteiger partial charge on any atom is 0.326 e. The molecule has 0 bridgehead atoms. The van der Waals surface area contributed by atoms with E-state index < -0.39 is 27.8 Å². The molecule has 41 heavy (non-hydrogen) atoms. The van der Waals surface area contributed by atoms with Gasteiger partial charge >= 0.3 is 5.97 Å². The molecule has 0 saturated heterocycles. The highest BCUT2D eigenvalue weighted by Gasteiger charge is 2.29. The largest absolute Gasteiger partial charge is 0.508 e. The summed E-state index contributed by atoms with van der Waals surface area (Å²) in [6, 6.07) is 12.9. The summed E-state index contributed by atoms with van der Waals surface area (Å²) in [6.07, 6.45) is 1.85. The lowest BCUT2D eigenvalue weighted by Gasteiger charge is -2.30. The molecule has 1 heterocycles. The van der Waals surface area contributed by atoms with Gasteiger partial charge in [-0.25, -0.2) is 13.2 Å². The molecule has 1 aliphatic rings. The highest BCUT2D eigenvalue weighted by atomic mass is 35.5. The maximum atomic E-state index is 13.2. The van der Waals surface area contributed by atoms with Gasteiger partial charge in [-0.1, -0.05) is 53.5 Å². The number of carbonyl (C=O) groups is 3. The minimum atomic E-state index is -3.50. The van der Waals surface area contributed by atoms with E-state index in [4.69, 9.17) is 23.2 Å². The minimum absolute atomic E-state index is 0.0120. The highest BCUT2D eigenvalue weighted by molar-refractivity contribution is 7.90. The second kappa shape index (κ2) is 12.5. The zero-order chi connectivity index (χ0) is 29.9. The summed E-state index contributed by atoms with van der Waals surface area (Å²) in [4.78, 5) is 39.7. The zero-order valence-corrected chi connectivity index (χ0v) is 24.4. The molecule has 0 aromatic heterocycles. The summed E-state index contributed by atoms with van der Waals surface area (Å²) < 4.78 is 23.8. The smallest absolute Gasteiger partial charge is 0.326 e. The summed E-state index contributed by atoms with van der Waals surface area (Å²) >= 11 is 13.1. The molecule has 3 aromatic rings. The first-order valence-corrected chi connectivity index (χ1v) is 15.4. The van der Waals surface area contributed by atoms with E-state index in [-0.39, 0.29) is 51.5 Å². The molecule has 0 unspecified atom stereocenters. The molecular weight excluding hydrogens is 591 g/mol. The summed E-state index contributed by atoms with van der Waals surface area (Å²) in [6.45, 7) is 0.605. The third-order valence-electron chi connectivity index (χ3n) is 6.95. The number of halogens is 2. The van der Waals surface area contributed by atoms with E-state index >= 15 is 0 Å². The number of carbonyl (C=O) groups excluding carboxylic acids is 2. The zero-order valence-electron chi connectivity index (χ0n) is 22.1. The van der Waals surface area contributed by atoms with Crippen molar-refractivity contribution >= 4 is 50.8 Å². The monoisotopic (exact) mass is 618 g/mol. The van der Waals surface area contributed by atoms with E-state index in [0.717, 1.165) is 6.26 Å². The van der Waals surface area contributed by atoms with E-state index in [9.17, 15) is 33.0 Å². The van der Waals surface area contributed by atoms with Crippen molar-refractivity contribution in [3.8, 4) is 5.75 Å². The van der Waals surface area contributed by atoms with E-state index in [1.165, 1.54) is 18.2 Å². The van der Waals surface area contributed by atoms with Gasteiger partial charge in [0.05, 0.1) is 20.5 Å². The number of aliphatic carboxylic acids is 1. The Kier molecular flexibility index (Phi) is 9.26. The molecule has 0 radical (unpaired) electrons. The molecule has 12 heteroatoms. The lowest BCUT2D eigenvalue weighted by atomic mass is 9.95. The number of aromatic hydroxyl groups is 1. The number of fused-ring (bicyclic) bond motifs is 1. The lowest BCUT2D eigenvalue weighted by molar-refractivity contribution is -0.139. The number of carboxylic acid groups (broad SMARTS) is 1. The second-order valence-electron chi connectivity index (χ2n) is 9.87. The van der Waals surface area contributed by atoms with Crippen LogP contribution in [0.4, 0.5) is 0 Å². The van der Waals surface area contributed by atoms with E-state index in [0.29, 0.717) is 41.6 Å². The number of nitrogens with zero attached hydrogens (tertiary/aromatic N) is 1. The number of phenols is 1. The van der Waals surface area contributed by atoms with Crippen LogP contribution < -0.4 is 5.32 Å². The molecule has 3 aromatic carbocycles. The van der Waals surface area contributed by atoms with Gasteiger partial charge in [0.1, 0.15) is 11.8 Å². The molecule has 0 fully saturated rings. The van der Waals surface area contributed by atoms with E-state index in [1.807, 2.05) is 0 Å². The van der Waals surface area contributed by atoms with Crippen LogP contribution in [0.25, 0.3) is 0 Å². The topological polar surface area (TPSA) is 141 Å². The van der Waals surface area contributed by atoms with Gasteiger partial charge in [0.2, 0.25) is 5.91 Å². The molecule has 9 nitrogen and oxygen atoms in total. The molecule has 0 spiro atoms. The van der Waals surface area contributed by atoms with Crippen LogP contribution in [0.3, 0.4) is 0 Å². The van der Waals surface area contributed by atoms with Crippen LogP contribution in [0.5, 0.6) is 5.75 Å². The fraction of sp³-hybridized carbons (Fsp3) is 0.276. The van der Waals surface area contributed by atoms with Crippen molar-refractivity contribution in [3.05, 3.63) is 92.5 Å². The van der Waals surface area contributed by atoms with Gasteiger partial charge in [0, 0.05) is 32.2 Å². The Bertz CT molecular complexity index is 1630. The number of amides is 2. The van der Waals surface area contributed by atoms with Crippen molar-refractivity contribution in [2.45, 2.75) is 43.2 Å². The van der Waals surface area contributed by atoms with Gasteiger partial charge in [0.15, 0.2) is 9.84 Å². The van der Waals surface area contributed by atoms with Crippen molar-refractivity contribution in [3.63, 3.8) is 0 Å². The Morgan fingerprint density at radius 1 is 1.07 bits per heavy atom. The summed E-state index contributed by atoms with van der Waals surface area (Å²) in [7, 11) is -3.50. The lowest BCUT2D eigenvalue weighted by Crippen LogP contribution is -2.42. The van der Waals surface area contributed by atoms with Gasteiger partial charge in [-0.15, -0.1) is 0 Å². The normalized spacial score (nSPS) is 13.8. The van der Waals surface area contributed by atoms with Gasteiger partial charge < -0.3 is 20.4 Å². The number of hydrogen-bond donors (Lipinski definition) is 3. The number of para-hydroxylation sites is 1. The van der Waals surface area contributed by atoms with Crippen molar-refractivity contribution in [2.24, 2.45) is 0 Å². The van der Waals surface area contributed by atoms with Crippen molar-refractivity contribution < 1.29 is 33.0 Å². The number of carboxylic acids is 1. The summed E-state index contributed by atoms with van der Waals surface area (Å²) in [5.41, 5.74) is 2.37. The number of benzene rings is 3. The van der Waals surface area contributed by atoms with Crippen LogP contribution in [0.15, 0.2) is 59.5 Å². The van der Waals surface area contributed by atoms with Gasteiger partial charge in [-0.2, -0.15) is 0 Å². The van der Waals surface area contributed by atoms with Crippen LogP contribution in [-0.2, 0) is 45.2 Å². The standard InChI is InChI=1S/C29H28Cl2N2O7S/c1-41(39,40)20-7-4-5-17(13-20)14-23(29(37)38)32-28(36)26-22(30)15-19-16-33(12-11-21(19)27(26)31)25(35)10-9-18-6-2-3-8-24(18)34/h2-8,13,15,23,34H,9-12,14,16H2,1H3,(H,32,36)(H,37,38)/t23-/m0/s1. The molecule has 0 saturated carbocycles. The first-order chi connectivity index (χ1) is 19.3. The SMILES string of the molecule is CS(=O)(=O)c1cccc(C[C@H](NC(=O)c2c(Cl)cc3c(c2Cl)CCN(C(=O)CCc2ccccc2O)C3)C(=O)O)c1. The Morgan fingerprint density at radius 2 is 1.80 bits per heavy atom. The van der Waals surface area contributed by atoms with Gasteiger partial charge in [0.25, 0.3) is 5.91 Å². The third kappa shape index (κ3) is 7.19. The number of phenolic OH excluding ortho intramolecular Hbond substituents is 1. The molecule has 0 aliphatic carbocycles.